The Morgan fingerprint density at radius 1 is 1.00 bits per heavy atom. The van der Waals surface area contributed by atoms with E-state index in [9.17, 15) is 0 Å². The highest BCUT2D eigenvalue weighted by molar-refractivity contribution is 5.75. The number of fused-ring (bicyclic) bond motifs is 1. The number of carboxylic acid groups (broad SMARTS) is 1. The summed E-state index contributed by atoms with van der Waals surface area (Å²) in [5.74, 6) is 1.03. The highest BCUT2D eigenvalue weighted by Crippen LogP contribution is 2.25. The number of para-hydroxylation sites is 2. The van der Waals surface area contributed by atoms with Gasteiger partial charge in [-0.25, -0.2) is 4.98 Å². The molecule has 2 heterocycles. The zero-order valence-corrected chi connectivity index (χ0v) is 14.5. The third-order valence-corrected chi connectivity index (χ3v) is 5.13. The van der Waals surface area contributed by atoms with E-state index in [1.54, 1.807) is 0 Å². The Labute approximate surface area is 148 Å². The number of hydrogen-bond donors (Lipinski definition) is 1. The standard InChI is InChI=1S/C18H24N4.CH2O2/c1-2-7-15(6-1)21-10-5-11-22(13-12-21)18-14-19-16-8-3-4-9-17(16)20-18;2-1-3/h3-4,8-9,14-15H,1-2,5-7,10-13H2;1H,(H,2,3). The summed E-state index contributed by atoms with van der Waals surface area (Å²) in [7, 11) is 0. The van der Waals surface area contributed by atoms with Crippen LogP contribution in [0.3, 0.4) is 0 Å². The summed E-state index contributed by atoms with van der Waals surface area (Å²) in [4.78, 5) is 22.9. The van der Waals surface area contributed by atoms with Gasteiger partial charge in [0.15, 0.2) is 0 Å². The van der Waals surface area contributed by atoms with Crippen molar-refractivity contribution in [2.75, 3.05) is 31.1 Å². The number of hydrogen-bond acceptors (Lipinski definition) is 5. The number of anilines is 1. The smallest absolute Gasteiger partial charge is 0.290 e. The van der Waals surface area contributed by atoms with Crippen LogP contribution in [0.4, 0.5) is 5.82 Å². The molecule has 0 spiro atoms. The first-order valence-electron chi connectivity index (χ1n) is 9.10. The Morgan fingerprint density at radius 2 is 1.72 bits per heavy atom. The molecule has 6 heteroatoms. The lowest BCUT2D eigenvalue weighted by Crippen LogP contribution is -2.37. The monoisotopic (exact) mass is 342 g/mol. The van der Waals surface area contributed by atoms with Crippen molar-refractivity contribution in [2.24, 2.45) is 0 Å². The van der Waals surface area contributed by atoms with E-state index in [1.165, 1.54) is 45.2 Å². The van der Waals surface area contributed by atoms with E-state index in [2.05, 4.69) is 20.9 Å². The second-order valence-electron chi connectivity index (χ2n) is 6.64. The Kier molecular flexibility index (Phi) is 6.17. The summed E-state index contributed by atoms with van der Waals surface area (Å²) < 4.78 is 0. The van der Waals surface area contributed by atoms with Crippen LogP contribution in [-0.2, 0) is 4.79 Å². The summed E-state index contributed by atoms with van der Waals surface area (Å²) in [6, 6.07) is 8.96. The molecular weight excluding hydrogens is 316 g/mol. The van der Waals surface area contributed by atoms with Crippen LogP contribution in [0.5, 0.6) is 0 Å². The second kappa shape index (κ2) is 8.76. The van der Waals surface area contributed by atoms with Gasteiger partial charge in [-0.1, -0.05) is 25.0 Å². The molecule has 0 radical (unpaired) electrons. The maximum Gasteiger partial charge on any atom is 0.290 e. The zero-order valence-electron chi connectivity index (χ0n) is 14.5. The highest BCUT2D eigenvalue weighted by atomic mass is 16.3. The first-order valence-corrected chi connectivity index (χ1v) is 9.10. The summed E-state index contributed by atoms with van der Waals surface area (Å²) in [5.41, 5.74) is 1.98. The molecule has 0 bridgehead atoms. The molecule has 1 aromatic heterocycles. The number of benzene rings is 1. The van der Waals surface area contributed by atoms with Crippen LogP contribution in [0.25, 0.3) is 11.0 Å². The van der Waals surface area contributed by atoms with E-state index >= 15 is 0 Å². The van der Waals surface area contributed by atoms with E-state index in [4.69, 9.17) is 14.9 Å². The third kappa shape index (κ3) is 4.45. The van der Waals surface area contributed by atoms with E-state index < -0.39 is 0 Å². The first kappa shape index (κ1) is 17.6. The molecule has 25 heavy (non-hydrogen) atoms. The predicted octanol–water partition coefficient (Wildman–Crippen LogP) is 2.79. The molecule has 2 aliphatic rings. The molecule has 1 aromatic carbocycles. The van der Waals surface area contributed by atoms with Gasteiger partial charge in [0.2, 0.25) is 0 Å². The average molecular weight is 342 g/mol. The Hall–Kier alpha value is -2.21. The zero-order chi connectivity index (χ0) is 17.5. The lowest BCUT2D eigenvalue weighted by atomic mass is 10.2. The summed E-state index contributed by atoms with van der Waals surface area (Å²) in [6.07, 6.45) is 8.80. The van der Waals surface area contributed by atoms with Crippen LogP contribution in [-0.4, -0.2) is 58.7 Å². The molecule has 1 aliphatic carbocycles. The van der Waals surface area contributed by atoms with Gasteiger partial charge >= 0.3 is 0 Å². The van der Waals surface area contributed by atoms with Crippen molar-refractivity contribution in [2.45, 2.75) is 38.1 Å². The van der Waals surface area contributed by atoms with Crippen LogP contribution >= 0.6 is 0 Å². The van der Waals surface area contributed by atoms with Gasteiger partial charge in [0.05, 0.1) is 17.2 Å². The summed E-state index contributed by atoms with van der Waals surface area (Å²) in [5, 5.41) is 6.89. The molecule has 1 N–H and O–H groups in total. The molecule has 0 amide bonds. The van der Waals surface area contributed by atoms with Crippen LogP contribution in [0.2, 0.25) is 0 Å². The minimum Gasteiger partial charge on any atom is -0.483 e. The van der Waals surface area contributed by atoms with E-state index in [0.29, 0.717) is 0 Å². The Balaban J connectivity index is 0.000000569. The molecule has 2 aromatic rings. The topological polar surface area (TPSA) is 69.6 Å². The van der Waals surface area contributed by atoms with Gasteiger partial charge in [-0.2, -0.15) is 0 Å². The maximum absolute atomic E-state index is 8.36. The van der Waals surface area contributed by atoms with E-state index in [0.717, 1.165) is 36.0 Å². The average Bonchev–Trinajstić information content (AvgIpc) is 3.07. The molecule has 2 fully saturated rings. The van der Waals surface area contributed by atoms with Crippen molar-refractivity contribution in [3.63, 3.8) is 0 Å². The van der Waals surface area contributed by atoms with Gasteiger partial charge in [0, 0.05) is 32.2 Å². The Bertz CT molecular complexity index is 688. The number of aromatic nitrogens is 2. The second-order valence-corrected chi connectivity index (χ2v) is 6.64. The van der Waals surface area contributed by atoms with Crippen LogP contribution in [0.15, 0.2) is 30.5 Å². The fourth-order valence-electron chi connectivity index (χ4n) is 3.90. The van der Waals surface area contributed by atoms with Gasteiger partial charge in [-0.15, -0.1) is 0 Å². The molecule has 6 nitrogen and oxygen atoms in total. The summed E-state index contributed by atoms with van der Waals surface area (Å²) in [6.45, 7) is 4.32. The normalized spacial score (nSPS) is 19.3. The predicted molar refractivity (Wildman–Crippen MR) is 98.9 cm³/mol. The molecular formula is C19H26N4O2. The first-order chi connectivity index (χ1) is 12.3. The Morgan fingerprint density at radius 3 is 2.48 bits per heavy atom. The largest absolute Gasteiger partial charge is 0.483 e. The molecule has 1 aliphatic heterocycles. The fraction of sp³-hybridized carbons (Fsp3) is 0.526. The SMILES string of the molecule is O=CO.c1ccc2nc(N3CCCN(C4CCCC4)CC3)cnc2c1. The van der Waals surface area contributed by atoms with Gasteiger partial charge in [0.1, 0.15) is 5.82 Å². The van der Waals surface area contributed by atoms with Gasteiger partial charge in [0.25, 0.3) is 6.47 Å². The van der Waals surface area contributed by atoms with E-state index in [1.807, 2.05) is 24.4 Å². The number of rotatable bonds is 2. The van der Waals surface area contributed by atoms with Crippen molar-refractivity contribution < 1.29 is 9.90 Å². The van der Waals surface area contributed by atoms with Crippen molar-refractivity contribution >= 4 is 23.3 Å². The fourth-order valence-corrected chi connectivity index (χ4v) is 3.90. The number of nitrogens with zero attached hydrogens (tertiary/aromatic N) is 4. The van der Waals surface area contributed by atoms with Crippen LogP contribution < -0.4 is 4.90 Å². The van der Waals surface area contributed by atoms with Gasteiger partial charge < -0.3 is 10.0 Å². The van der Waals surface area contributed by atoms with Crippen LogP contribution in [0.1, 0.15) is 32.1 Å². The van der Waals surface area contributed by atoms with Gasteiger partial charge in [-0.3, -0.25) is 14.7 Å². The lowest BCUT2D eigenvalue weighted by molar-refractivity contribution is -0.122. The maximum atomic E-state index is 8.36. The van der Waals surface area contributed by atoms with Gasteiger partial charge in [-0.05, 0) is 31.4 Å². The molecule has 1 saturated heterocycles. The molecule has 0 atom stereocenters. The van der Waals surface area contributed by atoms with Crippen LogP contribution in [0, 0.1) is 0 Å². The van der Waals surface area contributed by atoms with E-state index in [-0.39, 0.29) is 6.47 Å². The molecule has 4 rings (SSSR count). The minimum absolute atomic E-state index is 0.250. The minimum atomic E-state index is -0.250. The summed E-state index contributed by atoms with van der Waals surface area (Å²) >= 11 is 0. The molecule has 0 unspecified atom stereocenters. The van der Waals surface area contributed by atoms with Crippen molar-refractivity contribution in [3.8, 4) is 0 Å². The lowest BCUT2D eigenvalue weighted by Gasteiger charge is -2.27. The van der Waals surface area contributed by atoms with Crippen molar-refractivity contribution in [1.29, 1.82) is 0 Å². The quantitative estimate of drug-likeness (QED) is 0.847. The highest BCUT2D eigenvalue weighted by Gasteiger charge is 2.25. The third-order valence-electron chi connectivity index (χ3n) is 5.13. The van der Waals surface area contributed by atoms with Crippen molar-refractivity contribution in [1.82, 2.24) is 14.9 Å². The molecule has 134 valence electrons. The molecule has 1 saturated carbocycles. The number of carbonyl (C=O) groups is 1. The van der Waals surface area contributed by atoms with Crippen molar-refractivity contribution in [3.05, 3.63) is 30.5 Å².